The number of carboxylic acid groups (broad SMARTS) is 1. The zero-order chi connectivity index (χ0) is 14.9. The van der Waals surface area contributed by atoms with E-state index in [9.17, 15) is 9.18 Å². The van der Waals surface area contributed by atoms with E-state index >= 15 is 0 Å². The van der Waals surface area contributed by atoms with Gasteiger partial charge in [-0.15, -0.1) is 0 Å². The van der Waals surface area contributed by atoms with Crippen molar-refractivity contribution >= 4 is 5.97 Å². The summed E-state index contributed by atoms with van der Waals surface area (Å²) in [5.41, 5.74) is 2.96. The fourth-order valence-corrected chi connectivity index (χ4v) is 2.01. The number of aliphatic carboxylic acids is 1. The second kappa shape index (κ2) is 5.36. The van der Waals surface area contributed by atoms with Crippen LogP contribution in [0.25, 0.3) is 11.4 Å². The Morgan fingerprint density at radius 3 is 2.30 bits per heavy atom. The third kappa shape index (κ3) is 2.82. The van der Waals surface area contributed by atoms with Gasteiger partial charge in [-0.05, 0) is 32.4 Å². The molecule has 0 saturated carbocycles. The second-order valence-corrected chi connectivity index (χ2v) is 4.73. The van der Waals surface area contributed by atoms with E-state index in [1.807, 2.05) is 0 Å². The normalized spacial score (nSPS) is 10.6. The van der Waals surface area contributed by atoms with E-state index in [4.69, 9.17) is 5.11 Å². The Morgan fingerprint density at radius 1 is 1.20 bits per heavy atom. The molecule has 0 spiro atoms. The Balaban J connectivity index is 2.48. The van der Waals surface area contributed by atoms with Crippen LogP contribution in [0.1, 0.15) is 22.5 Å². The van der Waals surface area contributed by atoms with Gasteiger partial charge in [0, 0.05) is 22.5 Å². The third-order valence-electron chi connectivity index (χ3n) is 3.18. The first-order chi connectivity index (χ1) is 9.38. The zero-order valence-corrected chi connectivity index (χ0v) is 11.6. The number of nitrogens with zero attached hydrogens (tertiary/aromatic N) is 2. The van der Waals surface area contributed by atoms with Crippen LogP contribution in [0, 0.1) is 26.6 Å². The average molecular weight is 274 g/mol. The largest absolute Gasteiger partial charge is 0.481 e. The molecule has 0 aliphatic heterocycles. The van der Waals surface area contributed by atoms with Crippen molar-refractivity contribution in [1.82, 2.24) is 9.97 Å². The second-order valence-electron chi connectivity index (χ2n) is 4.73. The molecule has 2 aromatic rings. The molecule has 0 bridgehead atoms. The molecule has 5 heteroatoms. The molecule has 0 amide bonds. The summed E-state index contributed by atoms with van der Waals surface area (Å²) >= 11 is 0. The van der Waals surface area contributed by atoms with E-state index < -0.39 is 5.97 Å². The maximum Gasteiger partial charge on any atom is 0.307 e. The lowest BCUT2D eigenvalue weighted by molar-refractivity contribution is -0.136. The molecular formula is C15H15FN2O2. The van der Waals surface area contributed by atoms with Gasteiger partial charge in [0.15, 0.2) is 5.82 Å². The van der Waals surface area contributed by atoms with Crippen LogP contribution in [-0.2, 0) is 11.2 Å². The number of aryl methyl sites for hydroxylation is 3. The predicted molar refractivity (Wildman–Crippen MR) is 73.0 cm³/mol. The molecule has 0 atom stereocenters. The van der Waals surface area contributed by atoms with Crippen LogP contribution in [0.15, 0.2) is 18.2 Å². The van der Waals surface area contributed by atoms with E-state index in [0.29, 0.717) is 33.9 Å². The molecule has 104 valence electrons. The van der Waals surface area contributed by atoms with E-state index in [0.717, 1.165) is 0 Å². The molecule has 4 nitrogen and oxygen atoms in total. The lowest BCUT2D eigenvalue weighted by Gasteiger charge is -2.09. The Kier molecular flexibility index (Phi) is 3.79. The Morgan fingerprint density at radius 2 is 1.80 bits per heavy atom. The van der Waals surface area contributed by atoms with Crippen LogP contribution in [0.4, 0.5) is 4.39 Å². The molecule has 0 aliphatic carbocycles. The van der Waals surface area contributed by atoms with E-state index in [1.165, 1.54) is 6.07 Å². The minimum absolute atomic E-state index is 0.111. The molecule has 1 aromatic carbocycles. The van der Waals surface area contributed by atoms with Gasteiger partial charge in [-0.3, -0.25) is 4.79 Å². The lowest BCUT2D eigenvalue weighted by atomic mass is 10.1. The van der Waals surface area contributed by atoms with Crippen molar-refractivity contribution in [3.8, 4) is 11.4 Å². The van der Waals surface area contributed by atoms with Gasteiger partial charge in [0.2, 0.25) is 0 Å². The van der Waals surface area contributed by atoms with Crippen LogP contribution in [-0.4, -0.2) is 21.0 Å². The number of benzene rings is 1. The van der Waals surface area contributed by atoms with Crippen LogP contribution in [0.2, 0.25) is 0 Å². The van der Waals surface area contributed by atoms with Gasteiger partial charge in [-0.1, -0.05) is 12.1 Å². The van der Waals surface area contributed by atoms with E-state index in [2.05, 4.69) is 9.97 Å². The lowest BCUT2D eigenvalue weighted by Crippen LogP contribution is -2.08. The predicted octanol–water partition coefficient (Wildman–Crippen LogP) is 2.84. The molecule has 0 fully saturated rings. The molecule has 0 unspecified atom stereocenters. The summed E-state index contributed by atoms with van der Waals surface area (Å²) in [6.45, 7) is 5.16. The zero-order valence-electron chi connectivity index (χ0n) is 11.6. The van der Waals surface area contributed by atoms with Crippen molar-refractivity contribution in [2.45, 2.75) is 27.2 Å². The minimum Gasteiger partial charge on any atom is -0.481 e. The quantitative estimate of drug-likeness (QED) is 0.934. The standard InChI is InChI=1S/C15H15FN2O2/c1-8-4-5-11(6-13(8)16)15-17-9(2)12(7-14(19)20)10(3)18-15/h4-6H,7H2,1-3H3,(H,19,20). The SMILES string of the molecule is Cc1ccc(-c2nc(C)c(CC(=O)O)c(C)n2)cc1F. The highest BCUT2D eigenvalue weighted by molar-refractivity contribution is 5.71. The number of hydrogen-bond acceptors (Lipinski definition) is 3. The van der Waals surface area contributed by atoms with Crippen LogP contribution < -0.4 is 0 Å². The molecule has 2 rings (SSSR count). The summed E-state index contributed by atoms with van der Waals surface area (Å²) in [7, 11) is 0. The maximum absolute atomic E-state index is 13.6. The number of aromatic nitrogens is 2. The fourth-order valence-electron chi connectivity index (χ4n) is 2.01. The average Bonchev–Trinajstić information content (AvgIpc) is 2.36. The van der Waals surface area contributed by atoms with E-state index in [-0.39, 0.29) is 12.2 Å². The summed E-state index contributed by atoms with van der Waals surface area (Å²) in [6, 6.07) is 4.81. The van der Waals surface area contributed by atoms with Crippen LogP contribution >= 0.6 is 0 Å². The first-order valence-electron chi connectivity index (χ1n) is 6.21. The van der Waals surface area contributed by atoms with Crippen molar-refractivity contribution in [2.75, 3.05) is 0 Å². The first kappa shape index (κ1) is 14.1. The fraction of sp³-hybridized carbons (Fsp3) is 0.267. The molecule has 0 aliphatic rings. The van der Waals surface area contributed by atoms with Gasteiger partial charge in [-0.2, -0.15) is 0 Å². The number of hydrogen-bond donors (Lipinski definition) is 1. The molecule has 1 heterocycles. The molecule has 0 radical (unpaired) electrons. The smallest absolute Gasteiger partial charge is 0.307 e. The van der Waals surface area contributed by atoms with Gasteiger partial charge in [0.1, 0.15) is 5.82 Å². The van der Waals surface area contributed by atoms with Crippen molar-refractivity contribution in [1.29, 1.82) is 0 Å². The Bertz CT molecular complexity index is 661. The topological polar surface area (TPSA) is 63.1 Å². The van der Waals surface area contributed by atoms with Crippen LogP contribution in [0.5, 0.6) is 0 Å². The first-order valence-corrected chi connectivity index (χ1v) is 6.21. The van der Waals surface area contributed by atoms with Crippen LogP contribution in [0.3, 0.4) is 0 Å². The monoisotopic (exact) mass is 274 g/mol. The highest BCUT2D eigenvalue weighted by Gasteiger charge is 2.13. The van der Waals surface area contributed by atoms with Gasteiger partial charge in [0.05, 0.1) is 6.42 Å². The highest BCUT2D eigenvalue weighted by atomic mass is 19.1. The van der Waals surface area contributed by atoms with Gasteiger partial charge < -0.3 is 5.11 Å². The molecule has 1 aromatic heterocycles. The summed E-state index contributed by atoms with van der Waals surface area (Å²) in [5.74, 6) is -0.821. The van der Waals surface area contributed by atoms with Crippen molar-refractivity contribution in [2.24, 2.45) is 0 Å². The summed E-state index contributed by atoms with van der Waals surface area (Å²) in [6.07, 6.45) is -0.111. The van der Waals surface area contributed by atoms with Crippen molar-refractivity contribution < 1.29 is 14.3 Å². The maximum atomic E-state index is 13.6. The third-order valence-corrected chi connectivity index (χ3v) is 3.18. The Hall–Kier alpha value is -2.30. The highest BCUT2D eigenvalue weighted by Crippen LogP contribution is 2.21. The molecule has 20 heavy (non-hydrogen) atoms. The van der Waals surface area contributed by atoms with E-state index in [1.54, 1.807) is 32.9 Å². The number of halogens is 1. The summed E-state index contributed by atoms with van der Waals surface area (Å²) in [5, 5.41) is 8.86. The van der Waals surface area contributed by atoms with Gasteiger partial charge in [-0.25, -0.2) is 14.4 Å². The minimum atomic E-state index is -0.922. The van der Waals surface area contributed by atoms with Gasteiger partial charge in [0.25, 0.3) is 0 Å². The molecule has 0 saturated heterocycles. The molecule has 1 N–H and O–H groups in total. The summed E-state index contributed by atoms with van der Waals surface area (Å²) in [4.78, 5) is 19.4. The summed E-state index contributed by atoms with van der Waals surface area (Å²) < 4.78 is 13.6. The Labute approximate surface area is 116 Å². The van der Waals surface area contributed by atoms with Crippen molar-refractivity contribution in [3.05, 3.63) is 46.5 Å². The van der Waals surface area contributed by atoms with Crippen molar-refractivity contribution in [3.63, 3.8) is 0 Å². The number of rotatable bonds is 3. The van der Waals surface area contributed by atoms with Gasteiger partial charge >= 0.3 is 5.97 Å². The number of carboxylic acids is 1. The molecular weight excluding hydrogens is 259 g/mol. The number of carbonyl (C=O) groups is 1.